The quantitative estimate of drug-likeness (QED) is 0.0262. The highest BCUT2D eigenvalue weighted by Gasteiger charge is 2.19. The van der Waals surface area contributed by atoms with E-state index in [0.29, 0.717) is 19.3 Å². The zero-order chi connectivity index (χ0) is 47.2. The monoisotopic (exact) mass is 917 g/mol. The van der Waals surface area contributed by atoms with E-state index in [9.17, 15) is 14.4 Å². The zero-order valence-electron chi connectivity index (χ0n) is 44.0. The van der Waals surface area contributed by atoms with E-state index in [4.69, 9.17) is 14.2 Å². The van der Waals surface area contributed by atoms with Gasteiger partial charge in [-0.25, -0.2) is 0 Å². The average Bonchev–Trinajstić information content (AvgIpc) is 3.30. The zero-order valence-corrected chi connectivity index (χ0v) is 44.0. The lowest BCUT2D eigenvalue weighted by molar-refractivity contribution is -0.167. The van der Waals surface area contributed by atoms with Crippen LogP contribution in [0.5, 0.6) is 0 Å². The third-order valence-electron chi connectivity index (χ3n) is 13.3. The molecular formula is C59H112O6. The first-order valence-electron chi connectivity index (χ1n) is 29.2. The molecule has 0 bridgehead atoms. The van der Waals surface area contributed by atoms with Crippen molar-refractivity contribution in [2.45, 2.75) is 335 Å². The van der Waals surface area contributed by atoms with Crippen LogP contribution in [0.15, 0.2) is 12.2 Å². The van der Waals surface area contributed by atoms with Crippen LogP contribution in [0.2, 0.25) is 0 Å². The number of unbranched alkanes of at least 4 members (excludes halogenated alkanes) is 41. The van der Waals surface area contributed by atoms with Gasteiger partial charge in [0, 0.05) is 19.3 Å². The Kier molecular flexibility index (Phi) is 53.2. The SMILES string of the molecule is CCCCCCCC/C=C\CCCCCCCCCC(=O)OC(COC(=O)CCCCCCCCCCC)COC(=O)CCCCCCCCCCCCCCCCCCCCCCC. The largest absolute Gasteiger partial charge is 0.462 e. The van der Waals surface area contributed by atoms with Crippen molar-refractivity contribution in [3.63, 3.8) is 0 Å². The van der Waals surface area contributed by atoms with E-state index >= 15 is 0 Å². The van der Waals surface area contributed by atoms with Gasteiger partial charge in [-0.2, -0.15) is 0 Å². The Morgan fingerprint density at radius 1 is 0.292 bits per heavy atom. The Balaban J connectivity index is 4.20. The van der Waals surface area contributed by atoms with Crippen LogP contribution in [0.1, 0.15) is 329 Å². The molecule has 0 radical (unpaired) electrons. The number of hydrogen-bond donors (Lipinski definition) is 0. The fraction of sp³-hybridized carbons (Fsp3) is 0.915. The van der Waals surface area contributed by atoms with Crippen molar-refractivity contribution >= 4 is 17.9 Å². The van der Waals surface area contributed by atoms with Crippen LogP contribution in [0, 0.1) is 0 Å². The van der Waals surface area contributed by atoms with Crippen molar-refractivity contribution in [3.05, 3.63) is 12.2 Å². The fourth-order valence-corrected chi connectivity index (χ4v) is 8.85. The summed E-state index contributed by atoms with van der Waals surface area (Å²) < 4.78 is 16.8. The smallest absolute Gasteiger partial charge is 0.306 e. The van der Waals surface area contributed by atoms with Crippen LogP contribution < -0.4 is 0 Å². The summed E-state index contributed by atoms with van der Waals surface area (Å²) >= 11 is 0. The minimum absolute atomic E-state index is 0.0661. The average molecular weight is 918 g/mol. The second-order valence-corrected chi connectivity index (χ2v) is 19.9. The Morgan fingerprint density at radius 2 is 0.508 bits per heavy atom. The molecule has 0 aromatic rings. The summed E-state index contributed by atoms with van der Waals surface area (Å²) in [6, 6.07) is 0. The Labute approximate surface area is 405 Å². The third-order valence-corrected chi connectivity index (χ3v) is 13.3. The predicted octanol–water partition coefficient (Wildman–Crippen LogP) is 19.3. The Hall–Kier alpha value is -1.85. The summed E-state index contributed by atoms with van der Waals surface area (Å²) in [4.78, 5) is 38.0. The van der Waals surface area contributed by atoms with Crippen molar-refractivity contribution in [2.24, 2.45) is 0 Å². The molecule has 0 saturated carbocycles. The van der Waals surface area contributed by atoms with E-state index in [1.165, 1.54) is 231 Å². The Bertz CT molecular complexity index is 1010. The summed E-state index contributed by atoms with van der Waals surface area (Å²) in [5.41, 5.74) is 0. The molecule has 0 spiro atoms. The summed E-state index contributed by atoms with van der Waals surface area (Å²) in [6.07, 6.45) is 62.1. The number of esters is 3. The van der Waals surface area contributed by atoms with Crippen LogP contribution in [0.3, 0.4) is 0 Å². The number of carbonyl (C=O) groups excluding carboxylic acids is 3. The summed E-state index contributed by atoms with van der Waals surface area (Å²) in [7, 11) is 0. The van der Waals surface area contributed by atoms with Crippen molar-refractivity contribution < 1.29 is 28.6 Å². The molecule has 0 aliphatic rings. The number of ether oxygens (including phenoxy) is 3. The Morgan fingerprint density at radius 3 is 0.769 bits per heavy atom. The standard InChI is InChI=1S/C59H112O6/c1-4-7-10-13-16-19-21-23-25-27-28-29-30-32-33-35-37-40-43-46-49-52-58(61)64-55-56(54-63-57(60)51-48-45-42-39-18-15-12-9-6-3)65-59(62)53-50-47-44-41-38-36-34-31-26-24-22-20-17-14-11-8-5-2/h24,26,56H,4-23,25,27-55H2,1-3H3/b26-24-. The van der Waals surface area contributed by atoms with E-state index in [0.717, 1.165) is 57.8 Å². The number of allylic oxidation sites excluding steroid dienone is 2. The minimum atomic E-state index is -0.766. The molecule has 1 atom stereocenters. The second kappa shape index (κ2) is 54.8. The molecule has 0 aliphatic heterocycles. The van der Waals surface area contributed by atoms with Crippen molar-refractivity contribution in [2.75, 3.05) is 13.2 Å². The molecule has 6 nitrogen and oxygen atoms in total. The van der Waals surface area contributed by atoms with Gasteiger partial charge in [0.25, 0.3) is 0 Å². The van der Waals surface area contributed by atoms with Crippen LogP contribution in [-0.4, -0.2) is 37.2 Å². The topological polar surface area (TPSA) is 78.9 Å². The maximum atomic E-state index is 12.8. The number of rotatable bonds is 54. The van der Waals surface area contributed by atoms with Gasteiger partial charge in [-0.3, -0.25) is 14.4 Å². The summed E-state index contributed by atoms with van der Waals surface area (Å²) in [5, 5.41) is 0. The molecule has 65 heavy (non-hydrogen) atoms. The molecule has 0 heterocycles. The van der Waals surface area contributed by atoms with Crippen LogP contribution in [-0.2, 0) is 28.6 Å². The summed E-state index contributed by atoms with van der Waals surface area (Å²) in [5.74, 6) is -0.851. The predicted molar refractivity (Wildman–Crippen MR) is 280 cm³/mol. The first-order chi connectivity index (χ1) is 32.0. The molecule has 0 aliphatic carbocycles. The lowest BCUT2D eigenvalue weighted by atomic mass is 10.0. The molecular weight excluding hydrogens is 805 g/mol. The molecule has 0 saturated heterocycles. The van der Waals surface area contributed by atoms with Gasteiger partial charge in [-0.15, -0.1) is 0 Å². The van der Waals surface area contributed by atoms with Gasteiger partial charge in [0.1, 0.15) is 13.2 Å². The van der Waals surface area contributed by atoms with Gasteiger partial charge in [0.15, 0.2) is 6.10 Å². The lowest BCUT2D eigenvalue weighted by Crippen LogP contribution is -2.30. The summed E-state index contributed by atoms with van der Waals surface area (Å²) in [6.45, 7) is 6.67. The highest BCUT2D eigenvalue weighted by molar-refractivity contribution is 5.71. The van der Waals surface area contributed by atoms with Crippen LogP contribution in [0.25, 0.3) is 0 Å². The molecule has 6 heteroatoms. The van der Waals surface area contributed by atoms with Crippen LogP contribution >= 0.6 is 0 Å². The molecule has 0 rings (SSSR count). The minimum Gasteiger partial charge on any atom is -0.462 e. The number of carbonyl (C=O) groups is 3. The lowest BCUT2D eigenvalue weighted by Gasteiger charge is -2.18. The van der Waals surface area contributed by atoms with Gasteiger partial charge in [-0.05, 0) is 44.9 Å². The van der Waals surface area contributed by atoms with Gasteiger partial charge in [-0.1, -0.05) is 277 Å². The normalized spacial score (nSPS) is 12.0. The highest BCUT2D eigenvalue weighted by Crippen LogP contribution is 2.17. The molecule has 0 N–H and O–H groups in total. The van der Waals surface area contributed by atoms with Crippen molar-refractivity contribution in [1.82, 2.24) is 0 Å². The molecule has 0 fully saturated rings. The van der Waals surface area contributed by atoms with E-state index in [-0.39, 0.29) is 31.1 Å². The van der Waals surface area contributed by atoms with E-state index in [1.807, 2.05) is 0 Å². The van der Waals surface area contributed by atoms with Crippen molar-refractivity contribution in [1.29, 1.82) is 0 Å². The van der Waals surface area contributed by atoms with Gasteiger partial charge < -0.3 is 14.2 Å². The molecule has 0 amide bonds. The number of hydrogen-bond acceptors (Lipinski definition) is 6. The molecule has 0 aromatic carbocycles. The molecule has 0 aromatic heterocycles. The van der Waals surface area contributed by atoms with Gasteiger partial charge in [0.2, 0.25) is 0 Å². The first-order valence-corrected chi connectivity index (χ1v) is 29.2. The van der Waals surface area contributed by atoms with E-state index in [1.54, 1.807) is 0 Å². The first kappa shape index (κ1) is 63.1. The van der Waals surface area contributed by atoms with E-state index in [2.05, 4.69) is 32.9 Å². The third kappa shape index (κ3) is 53.0. The highest BCUT2D eigenvalue weighted by atomic mass is 16.6. The van der Waals surface area contributed by atoms with E-state index < -0.39 is 6.10 Å². The van der Waals surface area contributed by atoms with Gasteiger partial charge in [0.05, 0.1) is 0 Å². The van der Waals surface area contributed by atoms with Gasteiger partial charge >= 0.3 is 17.9 Å². The van der Waals surface area contributed by atoms with Crippen molar-refractivity contribution in [3.8, 4) is 0 Å². The maximum Gasteiger partial charge on any atom is 0.306 e. The molecule has 384 valence electrons. The maximum absolute atomic E-state index is 12.8. The van der Waals surface area contributed by atoms with Crippen LogP contribution in [0.4, 0.5) is 0 Å². The fourth-order valence-electron chi connectivity index (χ4n) is 8.85. The second-order valence-electron chi connectivity index (χ2n) is 19.9. The molecule has 1 unspecified atom stereocenters.